The van der Waals surface area contributed by atoms with Crippen molar-refractivity contribution in [2.45, 2.75) is 25.9 Å². The fourth-order valence-electron chi connectivity index (χ4n) is 2.15. The molecule has 20 heavy (non-hydrogen) atoms. The second-order valence-electron chi connectivity index (χ2n) is 4.87. The molecular weight excluding hydrogens is 254 g/mol. The molecule has 0 saturated carbocycles. The molecule has 1 aliphatic heterocycles. The number of carbonyl (C=O) groups is 1. The zero-order valence-corrected chi connectivity index (χ0v) is 11.6. The number of nitrogens with one attached hydrogen (secondary N) is 1. The lowest BCUT2D eigenvalue weighted by molar-refractivity contribution is -0.126. The van der Waals surface area contributed by atoms with E-state index in [1.54, 1.807) is 0 Å². The normalized spacial score (nSPS) is 21.1. The number of ether oxygens (including phenoxy) is 1. The molecule has 1 amide bonds. The van der Waals surface area contributed by atoms with Crippen molar-refractivity contribution < 1.29 is 14.6 Å². The molecule has 2 unspecified atom stereocenters. The van der Waals surface area contributed by atoms with Crippen LogP contribution in [-0.2, 0) is 9.53 Å². The highest BCUT2D eigenvalue weighted by molar-refractivity contribution is 5.95. The summed E-state index contributed by atoms with van der Waals surface area (Å²) in [6.07, 6.45) is 0.953. The number of carbonyl (C=O) groups excluding carboxylic acids is 1. The maximum atomic E-state index is 12.2. The summed E-state index contributed by atoms with van der Waals surface area (Å²) >= 11 is 0. The summed E-state index contributed by atoms with van der Waals surface area (Å²) in [6.45, 7) is 2.69. The van der Waals surface area contributed by atoms with E-state index in [-0.39, 0.29) is 24.5 Å². The third-order valence-corrected chi connectivity index (χ3v) is 3.29. The van der Waals surface area contributed by atoms with Gasteiger partial charge in [-0.3, -0.25) is 4.79 Å². The van der Waals surface area contributed by atoms with Crippen molar-refractivity contribution in [3.8, 4) is 11.8 Å². The molecule has 0 radical (unpaired) electrons. The zero-order chi connectivity index (χ0) is 14.4. The van der Waals surface area contributed by atoms with Crippen LogP contribution < -0.4 is 5.32 Å². The van der Waals surface area contributed by atoms with Crippen molar-refractivity contribution >= 4 is 11.6 Å². The highest BCUT2D eigenvalue weighted by Crippen LogP contribution is 2.22. The van der Waals surface area contributed by atoms with E-state index < -0.39 is 0 Å². The number of aliphatic hydroxyl groups excluding tert-OH is 1. The van der Waals surface area contributed by atoms with Gasteiger partial charge in [-0.1, -0.05) is 30.9 Å². The van der Waals surface area contributed by atoms with Crippen LogP contribution in [0.1, 0.15) is 25.3 Å². The molecule has 4 heteroatoms. The van der Waals surface area contributed by atoms with Gasteiger partial charge in [0.05, 0.1) is 12.3 Å². The van der Waals surface area contributed by atoms with Crippen LogP contribution in [0.5, 0.6) is 0 Å². The number of hydrogen-bond acceptors (Lipinski definition) is 3. The Morgan fingerprint density at radius 1 is 1.50 bits per heavy atom. The van der Waals surface area contributed by atoms with Crippen LogP contribution in [0.25, 0.3) is 0 Å². The Hall–Kier alpha value is -1.83. The molecule has 1 aromatic rings. The van der Waals surface area contributed by atoms with E-state index in [1.807, 2.05) is 31.2 Å². The predicted octanol–water partition coefficient (Wildman–Crippen LogP) is 1.78. The number of amides is 1. The Kier molecular flexibility index (Phi) is 5.16. The number of para-hydroxylation sites is 1. The van der Waals surface area contributed by atoms with Gasteiger partial charge in [-0.05, 0) is 24.5 Å². The molecule has 1 heterocycles. The molecule has 1 fully saturated rings. The quantitative estimate of drug-likeness (QED) is 0.825. The molecule has 0 aromatic heterocycles. The van der Waals surface area contributed by atoms with Gasteiger partial charge in [-0.15, -0.1) is 0 Å². The lowest BCUT2D eigenvalue weighted by Gasteiger charge is -2.15. The van der Waals surface area contributed by atoms with E-state index in [2.05, 4.69) is 17.2 Å². The highest BCUT2D eigenvalue weighted by atomic mass is 16.5. The molecule has 0 spiro atoms. The molecule has 1 saturated heterocycles. The van der Waals surface area contributed by atoms with E-state index in [0.717, 1.165) is 12.0 Å². The standard InChI is InChI=1S/C16H19NO3/c1-12-9-11-20-15(12)16(19)17-14-8-3-2-6-13(14)7-4-5-10-18/h2-3,6,8,12,15,18H,5,9-11H2,1H3,(H,17,19). The Bertz CT molecular complexity index is 530. The summed E-state index contributed by atoms with van der Waals surface area (Å²) in [5, 5.41) is 11.6. The van der Waals surface area contributed by atoms with Gasteiger partial charge in [0, 0.05) is 18.6 Å². The van der Waals surface area contributed by atoms with Crippen LogP contribution in [0.3, 0.4) is 0 Å². The highest BCUT2D eigenvalue weighted by Gasteiger charge is 2.31. The van der Waals surface area contributed by atoms with Gasteiger partial charge in [-0.2, -0.15) is 0 Å². The molecule has 106 valence electrons. The van der Waals surface area contributed by atoms with Gasteiger partial charge in [0.1, 0.15) is 6.10 Å². The fraction of sp³-hybridized carbons (Fsp3) is 0.438. The Balaban J connectivity index is 2.09. The Morgan fingerprint density at radius 3 is 3.00 bits per heavy atom. The average Bonchev–Trinajstić information content (AvgIpc) is 2.87. The number of rotatable bonds is 3. The number of aliphatic hydroxyl groups is 1. The molecular formula is C16H19NO3. The second-order valence-corrected chi connectivity index (χ2v) is 4.87. The first-order chi connectivity index (χ1) is 9.72. The largest absolute Gasteiger partial charge is 0.395 e. The van der Waals surface area contributed by atoms with Gasteiger partial charge >= 0.3 is 0 Å². The van der Waals surface area contributed by atoms with E-state index >= 15 is 0 Å². The molecule has 2 rings (SSSR count). The van der Waals surface area contributed by atoms with Crippen LogP contribution in [0.15, 0.2) is 24.3 Å². The number of hydrogen-bond donors (Lipinski definition) is 2. The van der Waals surface area contributed by atoms with Gasteiger partial charge in [0.25, 0.3) is 5.91 Å². The molecule has 1 aliphatic rings. The third kappa shape index (κ3) is 3.60. The Labute approximate surface area is 119 Å². The van der Waals surface area contributed by atoms with Crippen molar-refractivity contribution in [2.24, 2.45) is 5.92 Å². The van der Waals surface area contributed by atoms with E-state index in [1.165, 1.54) is 0 Å². The lowest BCUT2D eigenvalue weighted by atomic mass is 10.0. The minimum absolute atomic E-state index is 0.0367. The van der Waals surface area contributed by atoms with Gasteiger partial charge in [0.2, 0.25) is 0 Å². The summed E-state index contributed by atoms with van der Waals surface area (Å²) in [5.41, 5.74) is 1.44. The van der Waals surface area contributed by atoms with Crippen LogP contribution >= 0.6 is 0 Å². The van der Waals surface area contributed by atoms with Crippen molar-refractivity contribution in [2.75, 3.05) is 18.5 Å². The minimum atomic E-state index is -0.381. The summed E-state index contributed by atoms with van der Waals surface area (Å²) in [7, 11) is 0. The molecule has 2 N–H and O–H groups in total. The average molecular weight is 273 g/mol. The first kappa shape index (κ1) is 14.6. The maximum Gasteiger partial charge on any atom is 0.253 e. The summed E-state index contributed by atoms with van der Waals surface area (Å²) in [4.78, 5) is 12.2. The fourth-order valence-corrected chi connectivity index (χ4v) is 2.15. The molecule has 1 aromatic carbocycles. The van der Waals surface area contributed by atoms with Crippen LogP contribution in [-0.4, -0.2) is 30.3 Å². The van der Waals surface area contributed by atoms with Crippen molar-refractivity contribution in [3.63, 3.8) is 0 Å². The smallest absolute Gasteiger partial charge is 0.253 e. The number of benzene rings is 1. The molecule has 0 aliphatic carbocycles. The maximum absolute atomic E-state index is 12.2. The molecule has 2 atom stereocenters. The van der Waals surface area contributed by atoms with Gasteiger partial charge < -0.3 is 15.2 Å². The summed E-state index contributed by atoms with van der Waals surface area (Å²) < 4.78 is 5.46. The second kappa shape index (κ2) is 7.09. The van der Waals surface area contributed by atoms with Crippen LogP contribution in [0.2, 0.25) is 0 Å². The van der Waals surface area contributed by atoms with Gasteiger partial charge in [-0.25, -0.2) is 0 Å². The molecule has 4 nitrogen and oxygen atoms in total. The predicted molar refractivity (Wildman–Crippen MR) is 77.2 cm³/mol. The SMILES string of the molecule is CC1CCOC1C(=O)Nc1ccccc1C#CCCO. The zero-order valence-electron chi connectivity index (χ0n) is 11.6. The minimum Gasteiger partial charge on any atom is -0.395 e. The topological polar surface area (TPSA) is 58.6 Å². The lowest BCUT2D eigenvalue weighted by Crippen LogP contribution is -2.31. The van der Waals surface area contributed by atoms with Crippen LogP contribution in [0.4, 0.5) is 5.69 Å². The number of anilines is 1. The monoisotopic (exact) mass is 273 g/mol. The van der Waals surface area contributed by atoms with Gasteiger partial charge in [0.15, 0.2) is 0 Å². The van der Waals surface area contributed by atoms with E-state index in [4.69, 9.17) is 9.84 Å². The molecule has 0 bridgehead atoms. The first-order valence-corrected chi connectivity index (χ1v) is 6.83. The van der Waals surface area contributed by atoms with Crippen molar-refractivity contribution in [1.29, 1.82) is 0 Å². The third-order valence-electron chi connectivity index (χ3n) is 3.29. The Morgan fingerprint density at radius 2 is 2.30 bits per heavy atom. The van der Waals surface area contributed by atoms with E-state index in [0.29, 0.717) is 18.7 Å². The summed E-state index contributed by atoms with van der Waals surface area (Å²) in [6, 6.07) is 7.39. The first-order valence-electron chi connectivity index (χ1n) is 6.83. The van der Waals surface area contributed by atoms with E-state index in [9.17, 15) is 4.79 Å². The van der Waals surface area contributed by atoms with Crippen molar-refractivity contribution in [1.82, 2.24) is 0 Å². The van der Waals surface area contributed by atoms with Crippen molar-refractivity contribution in [3.05, 3.63) is 29.8 Å². The summed E-state index contributed by atoms with van der Waals surface area (Å²) in [5.74, 6) is 5.94. The van der Waals surface area contributed by atoms with Crippen LogP contribution in [0, 0.1) is 17.8 Å².